The largest absolute Gasteiger partial charge is 0.299 e. The van der Waals surface area contributed by atoms with Gasteiger partial charge in [0, 0.05) is 14.3 Å². The predicted octanol–water partition coefficient (Wildman–Crippen LogP) is 2.59. The van der Waals surface area contributed by atoms with Gasteiger partial charge in [0.05, 0.1) is 0 Å². The van der Waals surface area contributed by atoms with Crippen molar-refractivity contribution in [3.05, 3.63) is 0 Å². The molecule has 0 aliphatic rings. The molecule has 0 aromatic carbocycles. The van der Waals surface area contributed by atoms with Gasteiger partial charge in [0.25, 0.3) is 0 Å². The molecule has 0 fully saturated rings. The molecule has 0 bridgehead atoms. The van der Waals surface area contributed by atoms with E-state index < -0.39 is 0 Å². The second-order valence-corrected chi connectivity index (χ2v) is 8.30. The topological polar surface area (TPSA) is 3.24 Å². The molecular formula is C10H25NSi. The molecule has 12 heavy (non-hydrogen) atoms. The Kier molecular flexibility index (Phi) is 5.10. The van der Waals surface area contributed by atoms with Crippen molar-refractivity contribution in [2.45, 2.75) is 52.4 Å². The van der Waals surface area contributed by atoms with Crippen LogP contribution in [-0.4, -0.2) is 32.3 Å². The summed E-state index contributed by atoms with van der Waals surface area (Å²) in [5.74, 6) is 0. The first kappa shape index (κ1) is 12.2. The molecule has 0 spiro atoms. The molecule has 0 N–H and O–H groups in total. The maximum absolute atomic E-state index is 2.57. The molecule has 0 atom stereocenters. The van der Waals surface area contributed by atoms with E-state index in [0.29, 0.717) is 5.54 Å². The lowest BCUT2D eigenvalue weighted by atomic mass is 10.1. The van der Waals surface area contributed by atoms with Crippen molar-refractivity contribution in [1.29, 1.82) is 0 Å². The van der Waals surface area contributed by atoms with Crippen LogP contribution in [0.2, 0.25) is 19.1 Å². The Bertz CT molecular complexity index is 115. The van der Waals surface area contributed by atoms with Gasteiger partial charge in [-0.15, -0.1) is 0 Å². The number of rotatable bonds is 4. The zero-order chi connectivity index (χ0) is 9.78. The fourth-order valence-electron chi connectivity index (χ4n) is 1.38. The SMILES string of the molecule is CCN(CC[SiH](C)C)C(C)(C)C. The summed E-state index contributed by atoms with van der Waals surface area (Å²) in [4.78, 5) is 2.57. The van der Waals surface area contributed by atoms with E-state index >= 15 is 0 Å². The van der Waals surface area contributed by atoms with Gasteiger partial charge in [-0.25, -0.2) is 0 Å². The monoisotopic (exact) mass is 187 g/mol. The molecule has 0 aliphatic heterocycles. The van der Waals surface area contributed by atoms with Crippen LogP contribution in [0.4, 0.5) is 0 Å². The van der Waals surface area contributed by atoms with Crippen molar-refractivity contribution >= 4 is 8.80 Å². The fraction of sp³-hybridized carbons (Fsp3) is 1.00. The van der Waals surface area contributed by atoms with E-state index in [4.69, 9.17) is 0 Å². The average Bonchev–Trinajstić information content (AvgIpc) is 1.85. The molecule has 0 aromatic rings. The van der Waals surface area contributed by atoms with Crippen LogP contribution >= 0.6 is 0 Å². The maximum atomic E-state index is 2.57. The minimum Gasteiger partial charge on any atom is -0.299 e. The van der Waals surface area contributed by atoms with E-state index in [1.165, 1.54) is 19.1 Å². The van der Waals surface area contributed by atoms with Crippen LogP contribution in [0.5, 0.6) is 0 Å². The quantitative estimate of drug-likeness (QED) is 0.612. The van der Waals surface area contributed by atoms with Crippen molar-refractivity contribution in [1.82, 2.24) is 4.90 Å². The predicted molar refractivity (Wildman–Crippen MR) is 60.7 cm³/mol. The van der Waals surface area contributed by atoms with Gasteiger partial charge in [0.1, 0.15) is 0 Å². The molecule has 0 heterocycles. The van der Waals surface area contributed by atoms with Crippen LogP contribution in [0.3, 0.4) is 0 Å². The maximum Gasteiger partial charge on any atom is 0.0318 e. The van der Waals surface area contributed by atoms with Crippen LogP contribution in [0, 0.1) is 0 Å². The van der Waals surface area contributed by atoms with Crippen molar-refractivity contribution in [2.24, 2.45) is 0 Å². The van der Waals surface area contributed by atoms with Crippen molar-refractivity contribution in [3.63, 3.8) is 0 Å². The summed E-state index contributed by atoms with van der Waals surface area (Å²) < 4.78 is 0. The molecule has 0 saturated heterocycles. The van der Waals surface area contributed by atoms with Crippen LogP contribution in [0.25, 0.3) is 0 Å². The Balaban J connectivity index is 3.84. The Hall–Kier alpha value is 0.177. The van der Waals surface area contributed by atoms with E-state index in [2.05, 4.69) is 45.7 Å². The minimum absolute atomic E-state index is 0.354. The third-order valence-electron chi connectivity index (χ3n) is 2.31. The summed E-state index contributed by atoms with van der Waals surface area (Å²) in [7, 11) is -0.354. The Morgan fingerprint density at radius 2 is 1.67 bits per heavy atom. The molecule has 0 amide bonds. The normalized spacial score (nSPS) is 13.0. The highest BCUT2D eigenvalue weighted by atomic mass is 28.3. The van der Waals surface area contributed by atoms with Gasteiger partial charge >= 0.3 is 0 Å². The molecule has 2 heteroatoms. The van der Waals surface area contributed by atoms with E-state index in [1.54, 1.807) is 0 Å². The molecule has 0 unspecified atom stereocenters. The molecule has 1 nitrogen and oxygen atoms in total. The number of hydrogen-bond donors (Lipinski definition) is 0. The minimum atomic E-state index is -0.354. The molecule has 74 valence electrons. The molecule has 0 rings (SSSR count). The van der Waals surface area contributed by atoms with Gasteiger partial charge in [0.2, 0.25) is 0 Å². The van der Waals surface area contributed by atoms with Gasteiger partial charge < -0.3 is 0 Å². The number of nitrogens with zero attached hydrogens (tertiary/aromatic N) is 1. The smallest absolute Gasteiger partial charge is 0.0318 e. The highest BCUT2D eigenvalue weighted by Crippen LogP contribution is 2.13. The van der Waals surface area contributed by atoms with Crippen molar-refractivity contribution in [2.75, 3.05) is 13.1 Å². The van der Waals surface area contributed by atoms with E-state index in [9.17, 15) is 0 Å². The van der Waals surface area contributed by atoms with Gasteiger partial charge in [-0.1, -0.05) is 20.0 Å². The van der Waals surface area contributed by atoms with Gasteiger partial charge in [-0.2, -0.15) is 0 Å². The molecular weight excluding hydrogens is 162 g/mol. The Morgan fingerprint density at radius 3 is 1.92 bits per heavy atom. The van der Waals surface area contributed by atoms with Gasteiger partial charge in [-0.3, -0.25) is 4.90 Å². The second kappa shape index (κ2) is 5.03. The first-order valence-electron chi connectivity index (χ1n) is 5.13. The summed E-state index contributed by atoms with van der Waals surface area (Å²) >= 11 is 0. The van der Waals surface area contributed by atoms with Gasteiger partial charge in [-0.05, 0) is 39.9 Å². The highest BCUT2D eigenvalue weighted by molar-refractivity contribution is 6.55. The third kappa shape index (κ3) is 4.94. The summed E-state index contributed by atoms with van der Waals surface area (Å²) in [6.45, 7) is 16.5. The summed E-state index contributed by atoms with van der Waals surface area (Å²) in [6, 6.07) is 1.45. The Morgan fingerprint density at radius 1 is 1.17 bits per heavy atom. The Labute approximate surface area is 79.8 Å². The lowest BCUT2D eigenvalue weighted by molar-refractivity contribution is 0.153. The average molecular weight is 187 g/mol. The van der Waals surface area contributed by atoms with E-state index in [1.807, 2.05) is 0 Å². The van der Waals surface area contributed by atoms with Crippen LogP contribution in [-0.2, 0) is 0 Å². The van der Waals surface area contributed by atoms with Crippen LogP contribution in [0.1, 0.15) is 27.7 Å². The number of hydrogen-bond acceptors (Lipinski definition) is 1. The van der Waals surface area contributed by atoms with Crippen molar-refractivity contribution < 1.29 is 0 Å². The summed E-state index contributed by atoms with van der Waals surface area (Å²) in [6.07, 6.45) is 0. The molecule has 0 aliphatic carbocycles. The lowest BCUT2D eigenvalue weighted by Gasteiger charge is -2.35. The van der Waals surface area contributed by atoms with Crippen molar-refractivity contribution in [3.8, 4) is 0 Å². The second-order valence-electron chi connectivity index (χ2n) is 4.93. The van der Waals surface area contributed by atoms with Crippen LogP contribution < -0.4 is 0 Å². The summed E-state index contributed by atoms with van der Waals surface area (Å²) in [5.41, 5.74) is 0.359. The summed E-state index contributed by atoms with van der Waals surface area (Å²) in [5, 5.41) is 0. The molecule has 0 aromatic heterocycles. The molecule has 0 radical (unpaired) electrons. The third-order valence-corrected chi connectivity index (χ3v) is 3.72. The lowest BCUT2D eigenvalue weighted by Crippen LogP contribution is -2.42. The highest BCUT2D eigenvalue weighted by Gasteiger charge is 2.18. The van der Waals surface area contributed by atoms with Crippen LogP contribution in [0.15, 0.2) is 0 Å². The molecule has 0 saturated carbocycles. The first-order chi connectivity index (χ1) is 5.38. The van der Waals surface area contributed by atoms with E-state index in [-0.39, 0.29) is 8.80 Å². The fourth-order valence-corrected chi connectivity index (χ4v) is 2.21. The first-order valence-corrected chi connectivity index (χ1v) is 8.25. The van der Waals surface area contributed by atoms with E-state index in [0.717, 1.165) is 0 Å². The standard InChI is InChI=1S/C10H25NSi/c1-7-11(10(2,3)4)8-9-12(5)6/h12H,7-9H2,1-6H3. The van der Waals surface area contributed by atoms with Gasteiger partial charge in [0.15, 0.2) is 0 Å². The zero-order valence-corrected chi connectivity index (χ0v) is 10.8. The zero-order valence-electron chi connectivity index (χ0n) is 9.65.